The highest BCUT2D eigenvalue weighted by molar-refractivity contribution is 4.93. The molecule has 2 rings (SSSR count). The van der Waals surface area contributed by atoms with Crippen molar-refractivity contribution in [3.05, 3.63) is 0 Å². The number of rotatable bonds is 2. The first-order valence-electron chi connectivity index (χ1n) is 5.47. The van der Waals surface area contributed by atoms with E-state index in [0.29, 0.717) is 6.04 Å². The molecular weight excluding hydrogens is 164 g/mol. The van der Waals surface area contributed by atoms with Gasteiger partial charge in [0.15, 0.2) is 0 Å². The van der Waals surface area contributed by atoms with E-state index in [-0.39, 0.29) is 6.10 Å². The first-order valence-corrected chi connectivity index (χ1v) is 5.47. The summed E-state index contributed by atoms with van der Waals surface area (Å²) in [6.07, 6.45) is 3.71. The Morgan fingerprint density at radius 1 is 1.46 bits per heavy atom. The van der Waals surface area contributed by atoms with Crippen LogP contribution in [0.4, 0.5) is 0 Å². The van der Waals surface area contributed by atoms with Crippen LogP contribution in [0.15, 0.2) is 0 Å². The molecular formula is C10H20N2O. The molecule has 0 aromatic heterocycles. The second-order valence-corrected chi connectivity index (χ2v) is 4.24. The molecule has 3 atom stereocenters. The zero-order valence-electron chi connectivity index (χ0n) is 8.37. The Hall–Kier alpha value is -0.120. The van der Waals surface area contributed by atoms with Crippen LogP contribution in [-0.4, -0.2) is 47.8 Å². The van der Waals surface area contributed by atoms with Crippen molar-refractivity contribution in [2.75, 3.05) is 19.6 Å². The molecule has 1 unspecified atom stereocenters. The molecule has 76 valence electrons. The minimum absolute atomic E-state index is 0.146. The van der Waals surface area contributed by atoms with Gasteiger partial charge in [-0.2, -0.15) is 0 Å². The highest BCUT2D eigenvalue weighted by Gasteiger charge is 2.36. The van der Waals surface area contributed by atoms with E-state index in [4.69, 9.17) is 0 Å². The summed E-state index contributed by atoms with van der Waals surface area (Å²) in [6, 6.07) is 1.10. The Morgan fingerprint density at radius 3 is 2.92 bits per heavy atom. The third-order valence-corrected chi connectivity index (χ3v) is 3.47. The number of nitrogens with zero attached hydrogens (tertiary/aromatic N) is 1. The first kappa shape index (κ1) is 9.44. The molecule has 2 aliphatic rings. The Balaban J connectivity index is 1.98. The minimum Gasteiger partial charge on any atom is -0.390 e. The van der Waals surface area contributed by atoms with Crippen molar-refractivity contribution in [2.45, 2.75) is 44.4 Å². The Labute approximate surface area is 80.1 Å². The fourth-order valence-corrected chi connectivity index (χ4v) is 2.72. The van der Waals surface area contributed by atoms with Gasteiger partial charge in [0.1, 0.15) is 0 Å². The zero-order valence-corrected chi connectivity index (χ0v) is 8.37. The summed E-state index contributed by atoms with van der Waals surface area (Å²) >= 11 is 0. The van der Waals surface area contributed by atoms with Crippen molar-refractivity contribution in [3.63, 3.8) is 0 Å². The molecule has 2 saturated heterocycles. The van der Waals surface area contributed by atoms with Gasteiger partial charge in [0.2, 0.25) is 0 Å². The molecule has 0 aromatic carbocycles. The number of nitrogens with one attached hydrogen (secondary N) is 1. The number of likely N-dealkylation sites (tertiary alicyclic amines) is 1. The fraction of sp³-hybridized carbons (Fsp3) is 1.00. The SMILES string of the molecule is CCC1CCCN1[C@@H]1CNC[C@H]1O. The van der Waals surface area contributed by atoms with Crippen LogP contribution in [0.2, 0.25) is 0 Å². The summed E-state index contributed by atoms with van der Waals surface area (Å²) in [5, 5.41) is 13.0. The van der Waals surface area contributed by atoms with E-state index in [0.717, 1.165) is 19.1 Å². The van der Waals surface area contributed by atoms with Crippen molar-refractivity contribution in [2.24, 2.45) is 0 Å². The molecule has 3 heteroatoms. The van der Waals surface area contributed by atoms with Gasteiger partial charge >= 0.3 is 0 Å². The minimum atomic E-state index is -0.146. The molecule has 0 saturated carbocycles. The number of aliphatic hydroxyl groups excluding tert-OH is 1. The summed E-state index contributed by atoms with van der Waals surface area (Å²) in [5.74, 6) is 0. The second-order valence-electron chi connectivity index (χ2n) is 4.24. The molecule has 0 radical (unpaired) electrons. The molecule has 0 aromatic rings. The molecule has 0 amide bonds. The summed E-state index contributed by atoms with van der Waals surface area (Å²) < 4.78 is 0. The lowest BCUT2D eigenvalue weighted by atomic mass is 10.1. The van der Waals surface area contributed by atoms with Crippen LogP contribution in [0.25, 0.3) is 0 Å². The summed E-state index contributed by atoms with van der Waals surface area (Å²) in [6.45, 7) is 5.18. The van der Waals surface area contributed by atoms with Crippen molar-refractivity contribution in [1.82, 2.24) is 10.2 Å². The molecule has 0 aliphatic carbocycles. The van der Waals surface area contributed by atoms with Gasteiger partial charge in [-0.15, -0.1) is 0 Å². The van der Waals surface area contributed by atoms with Crippen LogP contribution in [0, 0.1) is 0 Å². The summed E-state index contributed by atoms with van der Waals surface area (Å²) in [5.41, 5.74) is 0. The lowest BCUT2D eigenvalue weighted by Crippen LogP contribution is -2.45. The highest BCUT2D eigenvalue weighted by Crippen LogP contribution is 2.24. The van der Waals surface area contributed by atoms with Crippen molar-refractivity contribution >= 4 is 0 Å². The van der Waals surface area contributed by atoms with Gasteiger partial charge in [0, 0.05) is 25.2 Å². The zero-order chi connectivity index (χ0) is 9.26. The van der Waals surface area contributed by atoms with E-state index in [1.54, 1.807) is 0 Å². The van der Waals surface area contributed by atoms with Gasteiger partial charge < -0.3 is 10.4 Å². The van der Waals surface area contributed by atoms with Crippen LogP contribution in [0.1, 0.15) is 26.2 Å². The van der Waals surface area contributed by atoms with Crippen LogP contribution in [0.3, 0.4) is 0 Å². The normalized spacial score (nSPS) is 41.5. The quantitative estimate of drug-likeness (QED) is 0.643. The van der Waals surface area contributed by atoms with Gasteiger partial charge in [-0.3, -0.25) is 4.90 Å². The molecule has 2 heterocycles. The fourth-order valence-electron chi connectivity index (χ4n) is 2.72. The molecule has 0 spiro atoms. The standard InChI is InChI=1S/C10H20N2O/c1-2-8-4-3-5-12(8)9-6-11-7-10(9)13/h8-11,13H,2-7H2,1H3/t8?,9-,10-/m1/s1. The Kier molecular flexibility index (Phi) is 2.86. The van der Waals surface area contributed by atoms with Gasteiger partial charge in [-0.1, -0.05) is 6.92 Å². The van der Waals surface area contributed by atoms with Gasteiger partial charge in [0.05, 0.1) is 6.10 Å². The lowest BCUT2D eigenvalue weighted by molar-refractivity contribution is 0.0740. The van der Waals surface area contributed by atoms with E-state index in [2.05, 4.69) is 17.1 Å². The second kappa shape index (κ2) is 3.95. The maximum Gasteiger partial charge on any atom is 0.0831 e. The summed E-state index contributed by atoms with van der Waals surface area (Å²) in [7, 11) is 0. The molecule has 2 fully saturated rings. The van der Waals surface area contributed by atoms with E-state index >= 15 is 0 Å². The van der Waals surface area contributed by atoms with Crippen LogP contribution < -0.4 is 5.32 Å². The van der Waals surface area contributed by atoms with Crippen LogP contribution >= 0.6 is 0 Å². The third kappa shape index (κ3) is 1.73. The molecule has 2 N–H and O–H groups in total. The number of hydrogen-bond donors (Lipinski definition) is 2. The predicted molar refractivity (Wildman–Crippen MR) is 52.7 cm³/mol. The third-order valence-electron chi connectivity index (χ3n) is 3.47. The largest absolute Gasteiger partial charge is 0.390 e. The highest BCUT2D eigenvalue weighted by atomic mass is 16.3. The molecule has 0 bridgehead atoms. The van der Waals surface area contributed by atoms with Crippen molar-refractivity contribution in [1.29, 1.82) is 0 Å². The van der Waals surface area contributed by atoms with E-state index < -0.39 is 0 Å². The number of hydrogen-bond acceptors (Lipinski definition) is 3. The summed E-state index contributed by atoms with van der Waals surface area (Å²) in [4.78, 5) is 2.50. The van der Waals surface area contributed by atoms with Gasteiger partial charge in [-0.05, 0) is 25.8 Å². The van der Waals surface area contributed by atoms with E-state index in [1.165, 1.54) is 25.8 Å². The number of β-amino-alcohol motifs (C(OH)–C–C–N with tert-alkyl or cyclic N) is 1. The van der Waals surface area contributed by atoms with E-state index in [9.17, 15) is 5.11 Å². The smallest absolute Gasteiger partial charge is 0.0831 e. The predicted octanol–water partition coefficient (Wildman–Crippen LogP) is 0.193. The van der Waals surface area contributed by atoms with E-state index in [1.807, 2.05) is 0 Å². The first-order chi connectivity index (χ1) is 6.33. The maximum atomic E-state index is 9.76. The number of aliphatic hydroxyl groups is 1. The molecule has 3 nitrogen and oxygen atoms in total. The average molecular weight is 184 g/mol. The van der Waals surface area contributed by atoms with Crippen LogP contribution in [-0.2, 0) is 0 Å². The molecule has 2 aliphatic heterocycles. The maximum absolute atomic E-state index is 9.76. The van der Waals surface area contributed by atoms with Gasteiger partial charge in [-0.25, -0.2) is 0 Å². The molecule has 13 heavy (non-hydrogen) atoms. The average Bonchev–Trinajstić information content (AvgIpc) is 2.71. The van der Waals surface area contributed by atoms with Crippen molar-refractivity contribution < 1.29 is 5.11 Å². The monoisotopic (exact) mass is 184 g/mol. The lowest BCUT2D eigenvalue weighted by Gasteiger charge is -2.31. The van der Waals surface area contributed by atoms with Crippen molar-refractivity contribution in [3.8, 4) is 0 Å². The Bertz CT molecular complexity index is 174. The topological polar surface area (TPSA) is 35.5 Å². The Morgan fingerprint density at radius 2 is 2.31 bits per heavy atom. The van der Waals surface area contributed by atoms with Gasteiger partial charge in [0.25, 0.3) is 0 Å². The van der Waals surface area contributed by atoms with Crippen LogP contribution in [0.5, 0.6) is 0 Å².